The van der Waals surface area contributed by atoms with Crippen molar-refractivity contribution in [1.29, 1.82) is 0 Å². The van der Waals surface area contributed by atoms with Crippen molar-refractivity contribution >= 4 is 80.5 Å². The summed E-state index contributed by atoms with van der Waals surface area (Å²) in [6, 6.07) is 19.9. The highest BCUT2D eigenvalue weighted by Crippen LogP contribution is 2.40. The Bertz CT molecular complexity index is 1670. The number of fused-ring (bicyclic) bond motifs is 4. The summed E-state index contributed by atoms with van der Waals surface area (Å²) < 4.78 is 16.7. The fourth-order valence-corrected chi connectivity index (χ4v) is 12.3. The van der Waals surface area contributed by atoms with Gasteiger partial charge in [0.1, 0.15) is 16.1 Å². The van der Waals surface area contributed by atoms with Crippen LogP contribution in [0.3, 0.4) is 0 Å². The van der Waals surface area contributed by atoms with Gasteiger partial charge < -0.3 is 0 Å². The molecular weight excluding hydrogens is 548 g/mol. The lowest BCUT2D eigenvalue weighted by molar-refractivity contribution is 0.658. The summed E-state index contributed by atoms with van der Waals surface area (Å²) in [4.78, 5) is 0. The maximum atomic E-state index is 14.5. The lowest BCUT2D eigenvalue weighted by Gasteiger charge is -2.21. The monoisotopic (exact) mass is 584 g/mol. The van der Waals surface area contributed by atoms with Crippen molar-refractivity contribution < 1.29 is 4.39 Å². The van der Waals surface area contributed by atoms with Crippen LogP contribution in [0.2, 0.25) is 36.3 Å². The molecule has 39 heavy (non-hydrogen) atoms. The Kier molecular flexibility index (Phi) is 8.09. The minimum Gasteiger partial charge on any atom is -0.195 e. The van der Waals surface area contributed by atoms with Gasteiger partial charge in [-0.2, -0.15) is 4.39 Å². The summed E-state index contributed by atoms with van der Waals surface area (Å²) in [7, 11) is -3.34. The standard InChI is InChI=1S/C34H37FS2Si2/c1-7-38(8-2,9-3)17-14-26-28-19-24-13-16-36-32(24)22-30(28)27(15-18-39(10-4,11-5)12-6)31-23-33-25(20-29(26)31)21-34(35)37-33/h13,16,19-23H,7-12H2,1-6H3. The number of benzene rings is 3. The Balaban J connectivity index is 1.97. The van der Waals surface area contributed by atoms with Gasteiger partial charge in [0.15, 0.2) is 5.13 Å². The van der Waals surface area contributed by atoms with Crippen LogP contribution in [-0.2, 0) is 0 Å². The smallest absolute Gasteiger partial charge is 0.177 e. The van der Waals surface area contributed by atoms with E-state index >= 15 is 0 Å². The molecule has 0 nitrogen and oxygen atoms in total. The van der Waals surface area contributed by atoms with E-state index < -0.39 is 16.1 Å². The normalized spacial score (nSPS) is 12.2. The molecule has 2 heterocycles. The molecule has 200 valence electrons. The molecule has 0 aliphatic heterocycles. The predicted octanol–water partition coefficient (Wildman–Crippen LogP) is 11.4. The van der Waals surface area contributed by atoms with Gasteiger partial charge in [0.05, 0.1) is 0 Å². The SMILES string of the molecule is CC[Si](C#Cc1c2cc3ccsc3cc2c(C#C[Si](CC)(CC)CC)c2cc3sc(F)cc3cc12)(CC)CC. The van der Waals surface area contributed by atoms with Crippen LogP contribution in [-0.4, -0.2) is 16.1 Å². The lowest BCUT2D eigenvalue weighted by atomic mass is 9.91. The summed E-state index contributed by atoms with van der Waals surface area (Å²) in [5.74, 6) is 7.54. The largest absolute Gasteiger partial charge is 0.195 e. The van der Waals surface area contributed by atoms with Crippen LogP contribution in [0.4, 0.5) is 4.39 Å². The number of hydrogen-bond donors (Lipinski definition) is 0. The third kappa shape index (κ3) is 5.00. The van der Waals surface area contributed by atoms with Crippen LogP contribution >= 0.6 is 22.7 Å². The van der Waals surface area contributed by atoms with Crippen LogP contribution in [0.25, 0.3) is 41.7 Å². The van der Waals surface area contributed by atoms with Crippen molar-refractivity contribution in [3.8, 4) is 22.9 Å². The molecule has 0 saturated carbocycles. The van der Waals surface area contributed by atoms with Crippen molar-refractivity contribution in [2.45, 2.75) is 77.8 Å². The Hall–Kier alpha value is -2.42. The fourth-order valence-electron chi connectivity index (χ4n) is 5.87. The second-order valence-electron chi connectivity index (χ2n) is 10.8. The molecular formula is C34H37FS2Si2. The quantitative estimate of drug-likeness (QED) is 0.106. The van der Waals surface area contributed by atoms with Gasteiger partial charge in [0.2, 0.25) is 0 Å². The molecule has 5 heteroatoms. The van der Waals surface area contributed by atoms with Gasteiger partial charge >= 0.3 is 0 Å². The molecule has 0 fully saturated rings. The number of thiophene rings is 2. The van der Waals surface area contributed by atoms with E-state index in [0.29, 0.717) is 0 Å². The van der Waals surface area contributed by atoms with Gasteiger partial charge in [-0.25, -0.2) is 0 Å². The molecule has 0 radical (unpaired) electrons. The Morgan fingerprint density at radius 3 is 1.59 bits per heavy atom. The molecule has 0 atom stereocenters. The molecule has 0 aliphatic carbocycles. The summed E-state index contributed by atoms with van der Waals surface area (Å²) in [5, 5.41) is 8.83. The zero-order valence-corrected chi connectivity index (χ0v) is 27.6. The molecule has 0 aliphatic rings. The highest BCUT2D eigenvalue weighted by Gasteiger charge is 2.26. The second-order valence-corrected chi connectivity index (χ2v) is 22.6. The maximum Gasteiger partial charge on any atom is 0.177 e. The molecule has 0 unspecified atom stereocenters. The summed E-state index contributed by atoms with van der Waals surface area (Å²) in [6.45, 7) is 13.8. The number of rotatable bonds is 6. The van der Waals surface area contributed by atoms with Crippen molar-refractivity contribution in [3.05, 3.63) is 58.0 Å². The van der Waals surface area contributed by atoms with E-state index in [4.69, 9.17) is 0 Å². The first-order valence-corrected chi connectivity index (χ1v) is 21.3. The Labute approximate surface area is 242 Å². The minimum absolute atomic E-state index is 0.144. The minimum atomic E-state index is -1.67. The Morgan fingerprint density at radius 2 is 1.08 bits per heavy atom. The average molecular weight is 585 g/mol. The van der Waals surface area contributed by atoms with E-state index in [1.165, 1.54) is 68.5 Å². The molecule has 0 N–H and O–H groups in total. The van der Waals surface area contributed by atoms with Crippen LogP contribution in [0.5, 0.6) is 0 Å². The fraction of sp³-hybridized carbons (Fsp3) is 0.353. The maximum absolute atomic E-state index is 14.5. The van der Waals surface area contributed by atoms with Gasteiger partial charge in [-0.05, 0) is 99.6 Å². The topological polar surface area (TPSA) is 0 Å². The van der Waals surface area contributed by atoms with E-state index in [9.17, 15) is 4.39 Å². The number of halogens is 1. The van der Waals surface area contributed by atoms with Crippen LogP contribution in [0, 0.1) is 28.1 Å². The zero-order chi connectivity index (χ0) is 27.8. The molecule has 0 amide bonds. The first kappa shape index (κ1) is 28.1. The molecule has 0 spiro atoms. The van der Waals surface area contributed by atoms with Crippen LogP contribution in [0.1, 0.15) is 52.7 Å². The van der Waals surface area contributed by atoms with Gasteiger partial charge in [0, 0.05) is 31.3 Å². The second kappa shape index (κ2) is 11.2. The van der Waals surface area contributed by atoms with Gasteiger partial charge in [-0.15, -0.1) is 33.8 Å². The first-order valence-electron chi connectivity index (χ1n) is 14.4. The van der Waals surface area contributed by atoms with Gasteiger partial charge in [-0.1, -0.05) is 53.4 Å². The van der Waals surface area contributed by atoms with E-state index in [0.717, 1.165) is 32.0 Å². The predicted molar refractivity (Wildman–Crippen MR) is 180 cm³/mol. The summed E-state index contributed by atoms with van der Waals surface area (Å²) in [6.07, 6.45) is 0. The third-order valence-electron chi connectivity index (χ3n) is 9.26. The van der Waals surface area contributed by atoms with E-state index in [1.54, 1.807) is 17.4 Å². The van der Waals surface area contributed by atoms with Crippen LogP contribution < -0.4 is 0 Å². The zero-order valence-electron chi connectivity index (χ0n) is 24.0. The molecule has 5 aromatic rings. The number of hydrogen-bond acceptors (Lipinski definition) is 2. The summed E-state index contributed by atoms with van der Waals surface area (Å²) >= 11 is 3.00. The van der Waals surface area contributed by atoms with E-state index in [1.807, 2.05) is 0 Å². The summed E-state index contributed by atoms with van der Waals surface area (Å²) in [5.41, 5.74) is 9.92. The lowest BCUT2D eigenvalue weighted by Crippen LogP contribution is -2.29. The van der Waals surface area contributed by atoms with Crippen molar-refractivity contribution in [2.75, 3.05) is 0 Å². The highest BCUT2D eigenvalue weighted by atomic mass is 32.1. The molecule has 3 aromatic carbocycles. The third-order valence-corrected chi connectivity index (χ3v) is 20.5. The van der Waals surface area contributed by atoms with E-state index in [2.05, 4.69) is 100 Å². The highest BCUT2D eigenvalue weighted by molar-refractivity contribution is 7.17. The molecule has 2 aromatic heterocycles. The average Bonchev–Trinajstić information content (AvgIpc) is 3.58. The van der Waals surface area contributed by atoms with Crippen molar-refractivity contribution in [1.82, 2.24) is 0 Å². The van der Waals surface area contributed by atoms with Crippen molar-refractivity contribution in [3.63, 3.8) is 0 Å². The van der Waals surface area contributed by atoms with E-state index in [-0.39, 0.29) is 5.13 Å². The first-order chi connectivity index (χ1) is 18.8. The molecule has 0 bridgehead atoms. The van der Waals surface area contributed by atoms with Crippen LogP contribution in [0.15, 0.2) is 41.8 Å². The molecule has 5 rings (SSSR count). The molecule has 0 saturated heterocycles. The van der Waals surface area contributed by atoms with Gasteiger partial charge in [0.25, 0.3) is 0 Å². The van der Waals surface area contributed by atoms with Crippen molar-refractivity contribution in [2.24, 2.45) is 0 Å². The Morgan fingerprint density at radius 1 is 0.615 bits per heavy atom. The van der Waals surface area contributed by atoms with Gasteiger partial charge in [-0.3, -0.25) is 0 Å².